The van der Waals surface area contributed by atoms with E-state index in [1.54, 1.807) is 18.2 Å². The molecular weight excluding hydrogens is 290 g/mol. The van der Waals surface area contributed by atoms with E-state index in [1.807, 2.05) is 6.92 Å². The summed E-state index contributed by atoms with van der Waals surface area (Å²) in [6.07, 6.45) is 0. The number of rotatable bonds is 4. The third-order valence-corrected chi connectivity index (χ3v) is 4.17. The van der Waals surface area contributed by atoms with Gasteiger partial charge in [-0.3, -0.25) is 0 Å². The standard InChI is InChI=1S/C16H22ClNO3/c1-10-13-11(17)6-5-7-12(13)21-16(10,14(19)20)9-18-8-15(2,3)4/h5-7,10,18H,8-9H2,1-4H3,(H,19,20). The van der Waals surface area contributed by atoms with Gasteiger partial charge in [-0.15, -0.1) is 0 Å². The number of hydrogen-bond acceptors (Lipinski definition) is 3. The molecule has 5 heteroatoms. The smallest absolute Gasteiger partial charge is 0.350 e. The summed E-state index contributed by atoms with van der Waals surface area (Å²) in [5.74, 6) is -0.718. The molecule has 0 radical (unpaired) electrons. The van der Waals surface area contributed by atoms with Crippen molar-refractivity contribution in [3.63, 3.8) is 0 Å². The first-order valence-corrected chi connectivity index (χ1v) is 7.47. The first-order valence-electron chi connectivity index (χ1n) is 7.09. The average molecular weight is 312 g/mol. The lowest BCUT2D eigenvalue weighted by molar-refractivity contribution is -0.155. The third kappa shape index (κ3) is 3.01. The quantitative estimate of drug-likeness (QED) is 0.896. The fourth-order valence-corrected chi connectivity index (χ4v) is 2.99. The molecule has 0 saturated heterocycles. The fraction of sp³-hybridized carbons (Fsp3) is 0.562. The maximum absolute atomic E-state index is 11.9. The third-order valence-electron chi connectivity index (χ3n) is 3.84. The van der Waals surface area contributed by atoms with E-state index in [9.17, 15) is 9.90 Å². The second kappa shape index (κ2) is 5.50. The highest BCUT2D eigenvalue weighted by atomic mass is 35.5. The van der Waals surface area contributed by atoms with Gasteiger partial charge in [0.25, 0.3) is 0 Å². The Balaban J connectivity index is 2.26. The average Bonchev–Trinajstić information content (AvgIpc) is 2.63. The predicted octanol–water partition coefficient (Wildman–Crippen LogP) is 3.30. The Kier molecular flexibility index (Phi) is 4.22. The van der Waals surface area contributed by atoms with Gasteiger partial charge in [0.2, 0.25) is 5.60 Å². The molecule has 116 valence electrons. The van der Waals surface area contributed by atoms with Crippen LogP contribution in [0.2, 0.25) is 5.02 Å². The van der Waals surface area contributed by atoms with E-state index in [0.29, 0.717) is 17.3 Å². The van der Waals surface area contributed by atoms with E-state index < -0.39 is 11.6 Å². The number of carbonyl (C=O) groups is 1. The van der Waals surface area contributed by atoms with E-state index in [2.05, 4.69) is 26.1 Å². The molecule has 0 amide bonds. The molecule has 2 N–H and O–H groups in total. The molecule has 0 aromatic heterocycles. The predicted molar refractivity (Wildman–Crippen MR) is 83.2 cm³/mol. The van der Waals surface area contributed by atoms with Crippen LogP contribution in [0.15, 0.2) is 18.2 Å². The minimum Gasteiger partial charge on any atom is -0.478 e. The molecular formula is C16H22ClNO3. The number of ether oxygens (including phenoxy) is 1. The van der Waals surface area contributed by atoms with Gasteiger partial charge in [-0.1, -0.05) is 45.4 Å². The lowest BCUT2D eigenvalue weighted by Gasteiger charge is -2.30. The van der Waals surface area contributed by atoms with E-state index in [4.69, 9.17) is 16.3 Å². The van der Waals surface area contributed by atoms with Gasteiger partial charge >= 0.3 is 5.97 Å². The van der Waals surface area contributed by atoms with Crippen LogP contribution in [0, 0.1) is 5.41 Å². The summed E-state index contributed by atoms with van der Waals surface area (Å²) in [6, 6.07) is 5.31. The number of carboxylic acid groups (broad SMARTS) is 1. The van der Waals surface area contributed by atoms with Crippen LogP contribution in [0.1, 0.15) is 39.2 Å². The minimum atomic E-state index is -1.31. The van der Waals surface area contributed by atoms with Crippen LogP contribution in [0.25, 0.3) is 0 Å². The van der Waals surface area contributed by atoms with Crippen LogP contribution >= 0.6 is 11.6 Å². The fourth-order valence-electron chi connectivity index (χ4n) is 2.66. The van der Waals surface area contributed by atoms with Crippen LogP contribution in [0.4, 0.5) is 0 Å². The van der Waals surface area contributed by atoms with Gasteiger partial charge in [0.1, 0.15) is 5.75 Å². The van der Waals surface area contributed by atoms with Gasteiger partial charge in [-0.2, -0.15) is 0 Å². The first-order chi connectivity index (χ1) is 9.67. The summed E-state index contributed by atoms with van der Waals surface area (Å²) in [7, 11) is 0. The lowest BCUT2D eigenvalue weighted by Crippen LogP contribution is -2.54. The highest BCUT2D eigenvalue weighted by Gasteiger charge is 2.53. The van der Waals surface area contributed by atoms with Crippen molar-refractivity contribution in [2.75, 3.05) is 13.1 Å². The van der Waals surface area contributed by atoms with Crippen LogP contribution in [-0.4, -0.2) is 29.8 Å². The van der Waals surface area contributed by atoms with Crippen LogP contribution in [-0.2, 0) is 4.79 Å². The number of carboxylic acids is 1. The van der Waals surface area contributed by atoms with Crippen LogP contribution in [0.5, 0.6) is 5.75 Å². The number of nitrogens with one attached hydrogen (secondary N) is 1. The Bertz CT molecular complexity index is 553. The zero-order chi connectivity index (χ0) is 15.8. The van der Waals surface area contributed by atoms with Gasteiger partial charge in [0.15, 0.2) is 0 Å². The Morgan fingerprint density at radius 3 is 2.67 bits per heavy atom. The van der Waals surface area contributed by atoms with Crippen molar-refractivity contribution in [2.24, 2.45) is 5.41 Å². The summed E-state index contributed by atoms with van der Waals surface area (Å²) < 4.78 is 5.82. The second-order valence-corrected chi connectivity index (χ2v) is 7.24. The Morgan fingerprint density at radius 1 is 1.48 bits per heavy atom. The topological polar surface area (TPSA) is 58.6 Å². The molecule has 0 spiro atoms. The van der Waals surface area contributed by atoms with Crippen molar-refractivity contribution >= 4 is 17.6 Å². The highest BCUT2D eigenvalue weighted by molar-refractivity contribution is 6.31. The summed E-state index contributed by atoms with van der Waals surface area (Å²) in [5.41, 5.74) is -0.455. The largest absolute Gasteiger partial charge is 0.478 e. The molecule has 0 bridgehead atoms. The SMILES string of the molecule is CC1c2c(Cl)cccc2OC1(CNCC(C)(C)C)C(=O)O. The van der Waals surface area contributed by atoms with Crippen LogP contribution < -0.4 is 10.1 Å². The highest BCUT2D eigenvalue weighted by Crippen LogP contribution is 2.47. The second-order valence-electron chi connectivity index (χ2n) is 6.83. The van der Waals surface area contributed by atoms with Crippen molar-refractivity contribution in [3.05, 3.63) is 28.8 Å². The van der Waals surface area contributed by atoms with Gasteiger partial charge in [-0.05, 0) is 17.5 Å². The lowest BCUT2D eigenvalue weighted by atomic mass is 9.85. The summed E-state index contributed by atoms with van der Waals surface area (Å²) in [6.45, 7) is 9.09. The number of fused-ring (bicyclic) bond motifs is 1. The zero-order valence-corrected chi connectivity index (χ0v) is 13.6. The van der Waals surface area contributed by atoms with E-state index in [0.717, 1.165) is 5.56 Å². The molecule has 2 atom stereocenters. The summed E-state index contributed by atoms with van der Waals surface area (Å²) in [5, 5.41) is 13.5. The van der Waals surface area contributed by atoms with Crippen molar-refractivity contribution in [1.82, 2.24) is 5.32 Å². The molecule has 1 heterocycles. The van der Waals surface area contributed by atoms with Gasteiger partial charge in [0.05, 0.1) is 0 Å². The number of aliphatic carboxylic acids is 1. The Morgan fingerprint density at radius 2 is 2.14 bits per heavy atom. The first kappa shape index (κ1) is 16.1. The normalized spacial score (nSPS) is 24.5. The molecule has 1 aliphatic heterocycles. The molecule has 4 nitrogen and oxygen atoms in total. The number of benzene rings is 1. The Labute approximate surface area is 130 Å². The molecule has 1 aromatic carbocycles. The summed E-state index contributed by atoms with van der Waals surface area (Å²) in [4.78, 5) is 11.9. The van der Waals surface area contributed by atoms with Crippen molar-refractivity contribution in [2.45, 2.75) is 39.2 Å². The molecule has 2 rings (SSSR count). The monoisotopic (exact) mass is 311 g/mol. The van der Waals surface area contributed by atoms with Gasteiger partial charge in [-0.25, -0.2) is 4.79 Å². The molecule has 0 aliphatic carbocycles. The molecule has 1 aliphatic rings. The summed E-state index contributed by atoms with van der Waals surface area (Å²) >= 11 is 6.21. The van der Waals surface area contributed by atoms with Crippen molar-refractivity contribution in [1.29, 1.82) is 0 Å². The molecule has 0 saturated carbocycles. The molecule has 21 heavy (non-hydrogen) atoms. The molecule has 2 unspecified atom stereocenters. The molecule has 1 aromatic rings. The van der Waals surface area contributed by atoms with Gasteiger partial charge in [0, 0.05) is 29.6 Å². The number of hydrogen-bond donors (Lipinski definition) is 2. The van der Waals surface area contributed by atoms with E-state index in [1.165, 1.54) is 0 Å². The van der Waals surface area contributed by atoms with Crippen molar-refractivity contribution < 1.29 is 14.6 Å². The zero-order valence-electron chi connectivity index (χ0n) is 12.9. The molecule has 0 fully saturated rings. The van der Waals surface area contributed by atoms with Crippen molar-refractivity contribution in [3.8, 4) is 5.75 Å². The maximum Gasteiger partial charge on any atom is 0.350 e. The van der Waals surface area contributed by atoms with E-state index in [-0.39, 0.29) is 17.9 Å². The Hall–Kier alpha value is -1.26. The van der Waals surface area contributed by atoms with E-state index >= 15 is 0 Å². The van der Waals surface area contributed by atoms with Crippen LogP contribution in [0.3, 0.4) is 0 Å². The maximum atomic E-state index is 11.9. The minimum absolute atomic E-state index is 0.0754. The van der Waals surface area contributed by atoms with Gasteiger partial charge < -0.3 is 15.2 Å². The number of halogens is 1.